The smallest absolute Gasteiger partial charge is 0.193 e. The van der Waals surface area contributed by atoms with E-state index in [9.17, 15) is 13.6 Å². The second kappa shape index (κ2) is 5.37. The summed E-state index contributed by atoms with van der Waals surface area (Å²) in [4.78, 5) is 12.5. The van der Waals surface area contributed by atoms with E-state index in [0.29, 0.717) is 20.8 Å². The average Bonchev–Trinajstić information content (AvgIpc) is 2.50. The quantitative estimate of drug-likeness (QED) is 0.589. The Kier molecular flexibility index (Phi) is 3.55. The van der Waals surface area contributed by atoms with Gasteiger partial charge in [-0.25, -0.2) is 8.78 Å². The molecule has 0 atom stereocenters. The number of rotatable bonds is 2. The van der Waals surface area contributed by atoms with Crippen LogP contribution < -0.4 is 0 Å². The van der Waals surface area contributed by atoms with Crippen LogP contribution in [0.1, 0.15) is 15.9 Å². The number of carbonyl (C=O) groups excluding carboxylic acids is 1. The maximum Gasteiger partial charge on any atom is 0.193 e. The molecule has 0 saturated heterocycles. The molecule has 0 fully saturated rings. The molecule has 0 aliphatic rings. The second-order valence-electron chi connectivity index (χ2n) is 4.60. The standard InChI is InChI=1S/C17H9BrF2O/c18-14-7-5-10(9-16(14)20)17(21)13-6-8-15(19)12-4-2-1-3-11(12)13/h1-9H. The third-order valence-electron chi connectivity index (χ3n) is 3.30. The maximum absolute atomic E-state index is 13.8. The minimum Gasteiger partial charge on any atom is -0.289 e. The first-order valence-electron chi connectivity index (χ1n) is 6.25. The summed E-state index contributed by atoms with van der Waals surface area (Å²) in [5.74, 6) is -1.23. The summed E-state index contributed by atoms with van der Waals surface area (Å²) in [5, 5.41) is 0.895. The monoisotopic (exact) mass is 346 g/mol. The number of benzene rings is 3. The SMILES string of the molecule is O=C(c1ccc(Br)c(F)c1)c1ccc(F)c2ccccc12. The molecule has 3 aromatic carbocycles. The van der Waals surface area contributed by atoms with Crippen LogP contribution in [0.5, 0.6) is 0 Å². The topological polar surface area (TPSA) is 17.1 Å². The number of hydrogen-bond acceptors (Lipinski definition) is 1. The Morgan fingerprint density at radius 3 is 2.29 bits per heavy atom. The van der Waals surface area contributed by atoms with E-state index in [1.807, 2.05) is 0 Å². The fraction of sp³-hybridized carbons (Fsp3) is 0. The minimum absolute atomic E-state index is 0.229. The zero-order valence-corrected chi connectivity index (χ0v) is 12.3. The van der Waals surface area contributed by atoms with Crippen molar-refractivity contribution in [3.63, 3.8) is 0 Å². The van der Waals surface area contributed by atoms with E-state index >= 15 is 0 Å². The number of fused-ring (bicyclic) bond motifs is 1. The first-order chi connectivity index (χ1) is 10.1. The maximum atomic E-state index is 13.8. The van der Waals surface area contributed by atoms with E-state index in [4.69, 9.17) is 0 Å². The second-order valence-corrected chi connectivity index (χ2v) is 5.45. The molecule has 0 amide bonds. The molecule has 0 unspecified atom stereocenters. The molecule has 0 aliphatic heterocycles. The Morgan fingerprint density at radius 2 is 1.57 bits per heavy atom. The zero-order valence-electron chi connectivity index (χ0n) is 10.7. The average molecular weight is 347 g/mol. The Labute approximate surface area is 128 Å². The molecule has 21 heavy (non-hydrogen) atoms. The van der Waals surface area contributed by atoms with Gasteiger partial charge in [-0.2, -0.15) is 0 Å². The van der Waals surface area contributed by atoms with Gasteiger partial charge in [0.2, 0.25) is 0 Å². The van der Waals surface area contributed by atoms with Crippen molar-refractivity contribution >= 4 is 32.5 Å². The van der Waals surface area contributed by atoms with Gasteiger partial charge in [-0.15, -0.1) is 0 Å². The molecule has 0 spiro atoms. The van der Waals surface area contributed by atoms with E-state index in [0.717, 1.165) is 0 Å². The summed E-state index contributed by atoms with van der Waals surface area (Å²) in [5.41, 5.74) is 0.584. The molecule has 0 heterocycles. The number of ketones is 1. The van der Waals surface area contributed by atoms with Gasteiger partial charge in [0.25, 0.3) is 0 Å². The van der Waals surface area contributed by atoms with Crippen LogP contribution in [0.25, 0.3) is 10.8 Å². The summed E-state index contributed by atoms with van der Waals surface area (Å²) in [6.45, 7) is 0. The molecular formula is C17H9BrF2O. The van der Waals surface area contributed by atoms with E-state index in [1.165, 1.54) is 30.3 Å². The van der Waals surface area contributed by atoms with Crippen LogP contribution in [0.3, 0.4) is 0 Å². The molecule has 0 radical (unpaired) electrons. The fourth-order valence-electron chi connectivity index (χ4n) is 2.25. The van der Waals surface area contributed by atoms with Gasteiger partial charge in [0.05, 0.1) is 4.47 Å². The van der Waals surface area contributed by atoms with Crippen LogP contribution in [0.4, 0.5) is 8.78 Å². The Balaban J connectivity index is 2.18. The Morgan fingerprint density at radius 1 is 0.857 bits per heavy atom. The highest BCUT2D eigenvalue weighted by molar-refractivity contribution is 9.10. The van der Waals surface area contributed by atoms with Gasteiger partial charge in [0.1, 0.15) is 11.6 Å². The van der Waals surface area contributed by atoms with Crippen LogP contribution in [0.15, 0.2) is 59.1 Å². The lowest BCUT2D eigenvalue weighted by atomic mass is 9.97. The molecule has 0 aliphatic carbocycles. The zero-order chi connectivity index (χ0) is 15.0. The fourth-order valence-corrected chi connectivity index (χ4v) is 2.50. The summed E-state index contributed by atoms with van der Waals surface area (Å²) >= 11 is 3.05. The summed E-state index contributed by atoms with van der Waals surface area (Å²) < 4.78 is 27.6. The van der Waals surface area contributed by atoms with E-state index < -0.39 is 5.82 Å². The van der Waals surface area contributed by atoms with E-state index in [-0.39, 0.29) is 17.2 Å². The highest BCUT2D eigenvalue weighted by Crippen LogP contribution is 2.25. The minimum atomic E-state index is -0.507. The van der Waals surface area contributed by atoms with Crippen LogP contribution in [0, 0.1) is 11.6 Å². The van der Waals surface area contributed by atoms with Gasteiger partial charge in [0.15, 0.2) is 5.78 Å². The molecule has 0 N–H and O–H groups in total. The summed E-state index contributed by atoms with van der Waals surface area (Å²) in [7, 11) is 0. The molecule has 0 bridgehead atoms. The molecular weight excluding hydrogens is 338 g/mol. The highest BCUT2D eigenvalue weighted by Gasteiger charge is 2.15. The molecule has 0 aromatic heterocycles. The van der Waals surface area contributed by atoms with Gasteiger partial charge < -0.3 is 0 Å². The lowest BCUT2D eigenvalue weighted by Gasteiger charge is -2.07. The summed E-state index contributed by atoms with van der Waals surface area (Å²) in [6.07, 6.45) is 0. The lowest BCUT2D eigenvalue weighted by Crippen LogP contribution is -2.03. The van der Waals surface area contributed by atoms with Crippen LogP contribution in [-0.4, -0.2) is 5.78 Å². The largest absolute Gasteiger partial charge is 0.289 e. The van der Waals surface area contributed by atoms with Crippen molar-refractivity contribution in [2.45, 2.75) is 0 Å². The molecule has 0 saturated carbocycles. The van der Waals surface area contributed by atoms with Gasteiger partial charge in [-0.3, -0.25) is 4.79 Å². The molecule has 1 nitrogen and oxygen atoms in total. The first kappa shape index (κ1) is 13.9. The normalized spacial score (nSPS) is 10.8. The lowest BCUT2D eigenvalue weighted by molar-refractivity contribution is 0.104. The van der Waals surface area contributed by atoms with E-state index in [1.54, 1.807) is 24.3 Å². The van der Waals surface area contributed by atoms with Crippen molar-refractivity contribution < 1.29 is 13.6 Å². The van der Waals surface area contributed by atoms with Gasteiger partial charge in [-0.05, 0) is 51.6 Å². The van der Waals surface area contributed by atoms with Crippen molar-refractivity contribution in [3.05, 3.63) is 81.8 Å². The molecule has 4 heteroatoms. The van der Waals surface area contributed by atoms with Crippen LogP contribution >= 0.6 is 15.9 Å². The summed E-state index contributed by atoms with van der Waals surface area (Å²) in [6, 6.07) is 13.6. The molecule has 104 valence electrons. The van der Waals surface area contributed by atoms with Crippen molar-refractivity contribution in [1.82, 2.24) is 0 Å². The number of carbonyl (C=O) groups is 1. The van der Waals surface area contributed by atoms with E-state index in [2.05, 4.69) is 15.9 Å². The third kappa shape index (κ3) is 2.47. The van der Waals surface area contributed by atoms with Crippen molar-refractivity contribution in [2.75, 3.05) is 0 Å². The molecule has 3 aromatic rings. The predicted molar refractivity (Wildman–Crippen MR) is 81.4 cm³/mol. The van der Waals surface area contributed by atoms with Crippen LogP contribution in [-0.2, 0) is 0 Å². The first-order valence-corrected chi connectivity index (χ1v) is 7.04. The number of halogens is 3. The van der Waals surface area contributed by atoms with Gasteiger partial charge in [-0.1, -0.05) is 24.3 Å². The number of hydrogen-bond donors (Lipinski definition) is 0. The Hall–Kier alpha value is -2.07. The van der Waals surface area contributed by atoms with Gasteiger partial charge in [0, 0.05) is 16.5 Å². The van der Waals surface area contributed by atoms with Crippen molar-refractivity contribution in [3.8, 4) is 0 Å². The van der Waals surface area contributed by atoms with Crippen molar-refractivity contribution in [2.24, 2.45) is 0 Å². The molecule has 3 rings (SSSR count). The third-order valence-corrected chi connectivity index (χ3v) is 3.94. The van der Waals surface area contributed by atoms with Gasteiger partial charge >= 0.3 is 0 Å². The Bertz CT molecular complexity index is 859. The highest BCUT2D eigenvalue weighted by atomic mass is 79.9. The van der Waals surface area contributed by atoms with Crippen molar-refractivity contribution in [1.29, 1.82) is 0 Å². The predicted octanol–water partition coefficient (Wildman–Crippen LogP) is 5.11. The van der Waals surface area contributed by atoms with Crippen LogP contribution in [0.2, 0.25) is 0 Å².